The Morgan fingerprint density at radius 1 is 0.792 bits per heavy atom. The molecule has 2 aliphatic heterocycles. The third kappa shape index (κ3) is 3.93. The van der Waals surface area contributed by atoms with Crippen molar-refractivity contribution >= 4 is 75.1 Å². The molecule has 0 bridgehead atoms. The van der Waals surface area contributed by atoms with E-state index in [0.29, 0.717) is 27.6 Å². The van der Waals surface area contributed by atoms with E-state index in [9.17, 15) is 28.7 Å². The predicted molar refractivity (Wildman–Crippen MR) is 181 cm³/mol. The second-order valence-corrected chi connectivity index (χ2v) is 14.0. The summed E-state index contributed by atoms with van der Waals surface area (Å²) in [6, 6.07) is 22.0. The number of hydrogen-bond acceptors (Lipinski definition) is 5. The first-order chi connectivity index (χ1) is 23.0. The van der Waals surface area contributed by atoms with Crippen molar-refractivity contribution in [3.05, 3.63) is 120 Å². The summed E-state index contributed by atoms with van der Waals surface area (Å²) in [5.74, 6) is -6.25. The maximum Gasteiger partial charge on any atom is 0.258 e. The Morgan fingerprint density at radius 2 is 1.44 bits per heavy atom. The molecule has 8 rings (SSSR count). The van der Waals surface area contributed by atoms with Gasteiger partial charge in [-0.05, 0) is 77.7 Å². The molecule has 240 valence electrons. The molecule has 1 N–H and O–H groups in total. The number of carbonyl (C=O) groups excluding carboxylic acids is 4. The first kappa shape index (κ1) is 30.5. The summed E-state index contributed by atoms with van der Waals surface area (Å²) in [6.45, 7) is 3.76. The number of hydrogen-bond donors (Lipinski definition) is 1. The van der Waals surface area contributed by atoms with E-state index in [1.807, 2.05) is 6.08 Å². The van der Waals surface area contributed by atoms with Crippen LogP contribution in [0.5, 0.6) is 5.75 Å². The number of amides is 4. The molecule has 2 aliphatic carbocycles. The number of carbonyl (C=O) groups is 4. The lowest BCUT2D eigenvalue weighted by atomic mass is 9.56. The number of aromatic hydroxyl groups is 1. The summed E-state index contributed by atoms with van der Waals surface area (Å²) in [4.78, 5) is 55.3. The van der Waals surface area contributed by atoms with E-state index in [1.54, 1.807) is 60.7 Å². The van der Waals surface area contributed by atoms with Gasteiger partial charge in [-0.25, -0.2) is 9.29 Å². The largest absolute Gasteiger partial charge is 0.507 e. The van der Waals surface area contributed by atoms with E-state index in [2.05, 4.69) is 6.58 Å². The summed E-state index contributed by atoms with van der Waals surface area (Å²) in [6.07, 6.45) is 3.55. The van der Waals surface area contributed by atoms with Crippen LogP contribution >= 0.6 is 23.2 Å². The zero-order chi connectivity index (χ0) is 33.7. The molecule has 0 aromatic heterocycles. The Balaban J connectivity index is 1.33. The van der Waals surface area contributed by atoms with Gasteiger partial charge in [-0.3, -0.25) is 24.1 Å². The monoisotopic (exact) mass is 680 g/mol. The van der Waals surface area contributed by atoms with Crippen LogP contribution in [0.2, 0.25) is 0 Å². The number of anilines is 2. The number of imide groups is 2. The minimum absolute atomic E-state index is 0.0107. The van der Waals surface area contributed by atoms with Gasteiger partial charge in [-0.15, -0.1) is 23.2 Å². The number of rotatable bonds is 4. The summed E-state index contributed by atoms with van der Waals surface area (Å²) in [5, 5.41) is 11.9. The van der Waals surface area contributed by atoms with Crippen LogP contribution in [0.1, 0.15) is 29.9 Å². The van der Waals surface area contributed by atoms with E-state index in [1.165, 1.54) is 23.1 Å². The summed E-state index contributed by atoms with van der Waals surface area (Å²) in [5.41, 5.74) is 2.52. The van der Waals surface area contributed by atoms with Crippen molar-refractivity contribution in [3.63, 3.8) is 0 Å². The van der Waals surface area contributed by atoms with Crippen LogP contribution in [0, 0.1) is 23.6 Å². The number of fused-ring (bicyclic) bond motifs is 5. The Hall–Kier alpha value is -4.79. The van der Waals surface area contributed by atoms with Crippen LogP contribution in [0.4, 0.5) is 15.8 Å². The average Bonchev–Trinajstić information content (AvgIpc) is 3.43. The number of phenolic OH excluding ortho intramolecular Hbond substituents is 1. The van der Waals surface area contributed by atoms with Crippen molar-refractivity contribution < 1.29 is 28.7 Å². The van der Waals surface area contributed by atoms with Gasteiger partial charge in [-0.1, -0.05) is 66.8 Å². The molecule has 3 fully saturated rings. The highest BCUT2D eigenvalue weighted by Crippen LogP contribution is 2.66. The zero-order valence-corrected chi connectivity index (χ0v) is 26.8. The Kier molecular flexibility index (Phi) is 6.75. The van der Waals surface area contributed by atoms with Crippen LogP contribution < -0.4 is 9.80 Å². The SMILES string of the molecule is C=Cc1ccc(N2C(=O)C3CC=C4C(CC5(Cl)C(=O)N(c6ccc(F)cc6)C(=O)C5(Cl)C4c4ccc(O)c5ccccc45)C3C2=O)cc1. The lowest BCUT2D eigenvalue weighted by molar-refractivity contribution is -0.125. The molecule has 0 spiro atoms. The quantitative estimate of drug-likeness (QED) is 0.141. The van der Waals surface area contributed by atoms with Crippen LogP contribution in [0.15, 0.2) is 103 Å². The summed E-state index contributed by atoms with van der Waals surface area (Å²) >= 11 is 15.0. The lowest BCUT2D eigenvalue weighted by Gasteiger charge is -2.51. The molecule has 7 nitrogen and oxygen atoms in total. The fraction of sp³-hybridized carbons (Fsp3) is 0.211. The number of phenols is 1. The third-order valence-corrected chi connectivity index (χ3v) is 11.9. The van der Waals surface area contributed by atoms with Crippen molar-refractivity contribution in [1.29, 1.82) is 0 Å². The van der Waals surface area contributed by atoms with Crippen molar-refractivity contribution in [3.8, 4) is 5.75 Å². The maximum absolute atomic E-state index is 14.6. The molecule has 4 aromatic carbocycles. The molecule has 0 radical (unpaired) electrons. The van der Waals surface area contributed by atoms with Gasteiger partial charge in [0.1, 0.15) is 11.6 Å². The summed E-state index contributed by atoms with van der Waals surface area (Å²) in [7, 11) is 0. The third-order valence-electron chi connectivity index (χ3n) is 10.5. The van der Waals surface area contributed by atoms with E-state index in [0.717, 1.165) is 22.6 Å². The number of allylic oxidation sites excluding steroid dienone is 2. The number of alkyl halides is 2. The van der Waals surface area contributed by atoms with Gasteiger partial charge in [-0.2, -0.15) is 0 Å². The van der Waals surface area contributed by atoms with Gasteiger partial charge in [0.05, 0.1) is 23.2 Å². The molecule has 6 unspecified atom stereocenters. The standard InChI is InChI=1S/C38H27Cl2FN2O5/c1-2-20-7-11-22(12-8-20)42-33(45)28-16-15-27-29(31(28)34(42)46)19-37(39)35(47)43(23-13-9-21(41)10-14-23)36(48)38(37,40)32(27)26-17-18-30(44)25-6-4-3-5-24(25)26/h2-15,17-18,28-29,31-32,44H,1,16,19H2. The second-order valence-electron chi connectivity index (χ2n) is 12.8. The molecule has 10 heteroatoms. The predicted octanol–water partition coefficient (Wildman–Crippen LogP) is 7.10. The van der Waals surface area contributed by atoms with Crippen LogP contribution in [-0.4, -0.2) is 38.5 Å². The first-order valence-corrected chi connectivity index (χ1v) is 16.3. The zero-order valence-electron chi connectivity index (χ0n) is 25.3. The fourth-order valence-electron chi connectivity index (χ4n) is 8.32. The highest BCUT2D eigenvalue weighted by molar-refractivity contribution is 6.58. The van der Waals surface area contributed by atoms with Crippen molar-refractivity contribution in [2.45, 2.75) is 28.5 Å². The Morgan fingerprint density at radius 3 is 2.12 bits per heavy atom. The molecule has 1 saturated carbocycles. The maximum atomic E-state index is 14.6. The van der Waals surface area contributed by atoms with Crippen LogP contribution in [0.3, 0.4) is 0 Å². The normalized spacial score (nSPS) is 29.5. The molecule has 6 atom stereocenters. The molecule has 4 amide bonds. The molecular formula is C38H27Cl2FN2O5. The molecule has 4 aromatic rings. The van der Waals surface area contributed by atoms with Gasteiger partial charge in [0.25, 0.3) is 11.8 Å². The van der Waals surface area contributed by atoms with Gasteiger partial charge in [0.2, 0.25) is 11.8 Å². The van der Waals surface area contributed by atoms with Gasteiger partial charge < -0.3 is 5.11 Å². The highest BCUT2D eigenvalue weighted by atomic mass is 35.5. The smallest absolute Gasteiger partial charge is 0.258 e. The molecule has 2 heterocycles. The Labute approximate surface area is 284 Å². The van der Waals surface area contributed by atoms with Gasteiger partial charge >= 0.3 is 0 Å². The minimum atomic E-state index is -2.08. The fourth-order valence-corrected chi connectivity index (χ4v) is 9.24. The van der Waals surface area contributed by atoms with Gasteiger partial charge in [0.15, 0.2) is 9.75 Å². The number of halogens is 3. The van der Waals surface area contributed by atoms with Gasteiger partial charge in [0, 0.05) is 11.3 Å². The molecule has 2 saturated heterocycles. The average molecular weight is 682 g/mol. The second kappa shape index (κ2) is 10.6. The molecule has 48 heavy (non-hydrogen) atoms. The van der Waals surface area contributed by atoms with Crippen molar-refractivity contribution in [2.24, 2.45) is 17.8 Å². The van der Waals surface area contributed by atoms with Crippen molar-refractivity contribution in [2.75, 3.05) is 9.80 Å². The van der Waals surface area contributed by atoms with Crippen LogP contribution in [0.25, 0.3) is 16.8 Å². The number of nitrogens with zero attached hydrogens (tertiary/aromatic N) is 2. The first-order valence-electron chi connectivity index (χ1n) is 15.5. The van der Waals surface area contributed by atoms with E-state index < -0.39 is 57.0 Å². The number of benzene rings is 4. The van der Waals surface area contributed by atoms with E-state index >= 15 is 0 Å². The molecular weight excluding hydrogens is 654 g/mol. The molecule has 4 aliphatic rings. The van der Waals surface area contributed by atoms with Crippen molar-refractivity contribution in [1.82, 2.24) is 0 Å². The van der Waals surface area contributed by atoms with E-state index in [4.69, 9.17) is 23.2 Å². The lowest BCUT2D eigenvalue weighted by Crippen LogP contribution is -2.60. The topological polar surface area (TPSA) is 95.0 Å². The van der Waals surface area contributed by atoms with Crippen LogP contribution in [-0.2, 0) is 19.2 Å². The summed E-state index contributed by atoms with van der Waals surface area (Å²) < 4.78 is 13.9. The van der Waals surface area contributed by atoms with E-state index in [-0.39, 0.29) is 30.2 Å². The Bertz CT molecular complexity index is 2130. The highest BCUT2D eigenvalue weighted by Gasteiger charge is 2.76. The minimum Gasteiger partial charge on any atom is -0.507 e.